The molecule has 0 unspecified atom stereocenters. The summed E-state index contributed by atoms with van der Waals surface area (Å²) < 4.78 is 43.4. The predicted molar refractivity (Wildman–Crippen MR) is 132 cm³/mol. The van der Waals surface area contributed by atoms with Crippen molar-refractivity contribution in [3.8, 4) is 11.1 Å². The molecule has 3 aromatic carbocycles. The summed E-state index contributed by atoms with van der Waals surface area (Å²) >= 11 is 0. The smallest absolute Gasteiger partial charge is 0.241 e. The molecule has 0 fully saturated rings. The quantitative estimate of drug-likeness (QED) is 0.404. The lowest BCUT2D eigenvalue weighted by molar-refractivity contribution is 0.182. The van der Waals surface area contributed by atoms with E-state index in [9.17, 15) is 17.9 Å². The minimum atomic E-state index is -4.00. The highest BCUT2D eigenvalue weighted by Gasteiger charge is 2.21. The standard InChI is InChI=1S/C25H25FN4O3S/c1-17(29-16-25(27)28-2)20-13-12-19(14-22(20)26)21-10-6-7-11-24(21)34(32,33)30-15-23(31)18-8-4-3-5-9-18/h3-14,16,23,30-31H,2,15,27H2,1H3/b25-16-,29-17?/t23-/m1/s1. The van der Waals surface area contributed by atoms with Gasteiger partial charge in [-0.05, 0) is 43.0 Å². The predicted octanol–water partition coefficient (Wildman–Crippen LogP) is 3.77. The Hall–Kier alpha value is -3.66. The fourth-order valence-corrected chi connectivity index (χ4v) is 4.51. The number of sulfonamides is 1. The molecule has 0 aliphatic carbocycles. The van der Waals surface area contributed by atoms with Crippen molar-refractivity contribution in [2.24, 2.45) is 15.7 Å². The van der Waals surface area contributed by atoms with Crippen molar-refractivity contribution in [3.63, 3.8) is 0 Å². The molecule has 34 heavy (non-hydrogen) atoms. The Morgan fingerprint density at radius 3 is 2.50 bits per heavy atom. The van der Waals surface area contributed by atoms with Gasteiger partial charge in [0.25, 0.3) is 0 Å². The minimum Gasteiger partial charge on any atom is -0.387 e. The van der Waals surface area contributed by atoms with Crippen LogP contribution in [0.2, 0.25) is 0 Å². The third kappa shape index (κ3) is 6.02. The van der Waals surface area contributed by atoms with Crippen molar-refractivity contribution in [3.05, 3.63) is 102 Å². The Bertz CT molecular complexity index is 1340. The van der Waals surface area contributed by atoms with E-state index in [1.54, 1.807) is 61.5 Å². The van der Waals surface area contributed by atoms with Crippen molar-refractivity contribution in [2.45, 2.75) is 17.9 Å². The van der Waals surface area contributed by atoms with E-state index in [1.165, 1.54) is 24.4 Å². The third-order valence-electron chi connectivity index (χ3n) is 5.07. The molecule has 1 atom stereocenters. The van der Waals surface area contributed by atoms with Gasteiger partial charge in [-0.25, -0.2) is 22.5 Å². The summed E-state index contributed by atoms with van der Waals surface area (Å²) in [7, 11) is -4.00. The maximum Gasteiger partial charge on any atom is 0.241 e. The van der Waals surface area contributed by atoms with E-state index in [4.69, 9.17) is 5.73 Å². The molecule has 0 aliphatic rings. The molecule has 0 spiro atoms. The number of nitrogens with zero attached hydrogens (tertiary/aromatic N) is 2. The Kier molecular flexibility index (Phi) is 8.06. The van der Waals surface area contributed by atoms with E-state index in [0.29, 0.717) is 22.4 Å². The van der Waals surface area contributed by atoms with Crippen LogP contribution in [0.1, 0.15) is 24.2 Å². The van der Waals surface area contributed by atoms with Gasteiger partial charge < -0.3 is 10.8 Å². The molecular formula is C25H25FN4O3S. The van der Waals surface area contributed by atoms with Crippen LogP contribution in [0.4, 0.5) is 4.39 Å². The molecule has 7 nitrogen and oxygen atoms in total. The molecule has 0 bridgehead atoms. The summed E-state index contributed by atoms with van der Waals surface area (Å²) in [6.45, 7) is 4.69. The lowest BCUT2D eigenvalue weighted by atomic mass is 10.0. The van der Waals surface area contributed by atoms with Gasteiger partial charge >= 0.3 is 0 Å². The zero-order chi connectivity index (χ0) is 24.7. The zero-order valence-electron chi connectivity index (χ0n) is 18.5. The van der Waals surface area contributed by atoms with Crippen LogP contribution in [-0.4, -0.2) is 32.5 Å². The first-order valence-corrected chi connectivity index (χ1v) is 11.8. The molecule has 9 heteroatoms. The van der Waals surface area contributed by atoms with Crippen molar-refractivity contribution in [1.82, 2.24) is 4.72 Å². The lowest BCUT2D eigenvalue weighted by Gasteiger charge is -2.15. The van der Waals surface area contributed by atoms with Gasteiger partial charge in [-0.1, -0.05) is 54.6 Å². The topological polar surface area (TPSA) is 117 Å². The van der Waals surface area contributed by atoms with Crippen LogP contribution in [0.5, 0.6) is 0 Å². The molecule has 176 valence electrons. The number of aliphatic imine (C=N–C) groups is 2. The first-order chi connectivity index (χ1) is 16.2. The van der Waals surface area contributed by atoms with Gasteiger partial charge in [-0.15, -0.1) is 0 Å². The summed E-state index contributed by atoms with van der Waals surface area (Å²) in [5.41, 5.74) is 7.42. The highest BCUT2D eigenvalue weighted by molar-refractivity contribution is 7.89. The maximum atomic E-state index is 14.9. The summed E-state index contributed by atoms with van der Waals surface area (Å²) in [6.07, 6.45) is 0.258. The van der Waals surface area contributed by atoms with Gasteiger partial charge in [-0.3, -0.25) is 4.99 Å². The van der Waals surface area contributed by atoms with Crippen LogP contribution >= 0.6 is 0 Å². The second kappa shape index (κ2) is 11.0. The number of nitrogens with one attached hydrogen (secondary N) is 1. The fourth-order valence-electron chi connectivity index (χ4n) is 3.25. The van der Waals surface area contributed by atoms with Crippen LogP contribution in [0.15, 0.2) is 99.7 Å². The number of aliphatic hydroxyl groups excluding tert-OH is 1. The van der Waals surface area contributed by atoms with Crippen molar-refractivity contribution >= 4 is 22.5 Å². The van der Waals surface area contributed by atoms with Crippen LogP contribution < -0.4 is 10.5 Å². The van der Waals surface area contributed by atoms with Crippen molar-refractivity contribution in [1.29, 1.82) is 0 Å². The monoisotopic (exact) mass is 480 g/mol. The molecule has 3 rings (SSSR count). The number of hydrogen-bond acceptors (Lipinski definition) is 6. The fraction of sp³-hybridized carbons (Fsp3) is 0.120. The number of rotatable bonds is 9. The van der Waals surface area contributed by atoms with Gasteiger partial charge in [0.2, 0.25) is 10.0 Å². The Morgan fingerprint density at radius 2 is 1.82 bits per heavy atom. The molecule has 0 saturated heterocycles. The van der Waals surface area contributed by atoms with Gasteiger partial charge in [-0.2, -0.15) is 0 Å². The second-order valence-corrected chi connectivity index (χ2v) is 9.13. The average molecular weight is 481 g/mol. The molecule has 0 aliphatic heterocycles. The number of halogens is 1. The molecule has 0 heterocycles. The zero-order valence-corrected chi connectivity index (χ0v) is 19.3. The van der Waals surface area contributed by atoms with E-state index in [0.717, 1.165) is 0 Å². The van der Waals surface area contributed by atoms with Crippen molar-refractivity contribution < 1.29 is 17.9 Å². The van der Waals surface area contributed by atoms with Gasteiger partial charge in [0.15, 0.2) is 0 Å². The first kappa shape index (κ1) is 25.0. The number of nitrogens with two attached hydrogens (primary N) is 1. The molecule has 0 radical (unpaired) electrons. The van der Waals surface area contributed by atoms with Crippen LogP contribution in [-0.2, 0) is 10.0 Å². The Balaban J connectivity index is 1.88. The summed E-state index contributed by atoms with van der Waals surface area (Å²) in [6, 6.07) is 19.4. The minimum absolute atomic E-state index is 0.0273. The first-order valence-electron chi connectivity index (χ1n) is 10.3. The van der Waals surface area contributed by atoms with Crippen molar-refractivity contribution in [2.75, 3.05) is 6.54 Å². The third-order valence-corrected chi connectivity index (χ3v) is 6.55. The van der Waals surface area contributed by atoms with Gasteiger partial charge in [0.05, 0.1) is 17.2 Å². The lowest BCUT2D eigenvalue weighted by Crippen LogP contribution is -2.29. The summed E-state index contributed by atoms with van der Waals surface area (Å²) in [5.74, 6) is -0.475. The molecule has 0 aromatic heterocycles. The van der Waals surface area contributed by atoms with Crippen LogP contribution in [0, 0.1) is 5.82 Å². The summed E-state index contributed by atoms with van der Waals surface area (Å²) in [4.78, 5) is 7.57. The van der Waals surface area contributed by atoms with E-state index < -0.39 is 21.9 Å². The molecule has 0 amide bonds. The van der Waals surface area contributed by atoms with E-state index in [2.05, 4.69) is 21.4 Å². The normalized spacial score (nSPS) is 13.5. The Morgan fingerprint density at radius 1 is 1.15 bits per heavy atom. The highest BCUT2D eigenvalue weighted by Crippen LogP contribution is 2.29. The van der Waals surface area contributed by atoms with Crippen LogP contribution in [0.25, 0.3) is 11.1 Å². The molecular weight excluding hydrogens is 455 g/mol. The Labute approximate surface area is 198 Å². The van der Waals surface area contributed by atoms with E-state index >= 15 is 0 Å². The largest absolute Gasteiger partial charge is 0.387 e. The van der Waals surface area contributed by atoms with Crippen LogP contribution in [0.3, 0.4) is 0 Å². The number of hydrogen-bond donors (Lipinski definition) is 3. The SMILES string of the molecule is C=N/C(N)=C\N=C(C)c1ccc(-c2ccccc2S(=O)(=O)NC[C@@H](O)c2ccccc2)cc1F. The summed E-state index contributed by atoms with van der Waals surface area (Å²) in [5, 5.41) is 10.3. The molecule has 4 N–H and O–H groups in total. The van der Waals surface area contributed by atoms with E-state index in [1.807, 2.05) is 0 Å². The maximum absolute atomic E-state index is 14.9. The van der Waals surface area contributed by atoms with Gasteiger partial charge in [0.1, 0.15) is 11.6 Å². The molecule has 0 saturated carbocycles. The molecule has 3 aromatic rings. The van der Waals surface area contributed by atoms with E-state index in [-0.39, 0.29) is 22.8 Å². The van der Waals surface area contributed by atoms with Gasteiger partial charge in [0, 0.05) is 23.4 Å². The second-order valence-electron chi connectivity index (χ2n) is 7.40. The number of aliphatic hydroxyl groups is 1. The average Bonchev–Trinajstić information content (AvgIpc) is 2.86. The highest BCUT2D eigenvalue weighted by atomic mass is 32.2. The number of benzene rings is 3.